The molecule has 17 heavy (non-hydrogen) atoms. The number of aromatic nitrogens is 1. The van der Waals surface area contributed by atoms with E-state index >= 15 is 0 Å². The van der Waals surface area contributed by atoms with Gasteiger partial charge in [0.25, 0.3) is 0 Å². The first-order valence-corrected chi connectivity index (χ1v) is 6.38. The Kier molecular flexibility index (Phi) is 3.86. The summed E-state index contributed by atoms with van der Waals surface area (Å²) in [6.45, 7) is 0.401. The third kappa shape index (κ3) is 2.53. The van der Waals surface area contributed by atoms with E-state index in [9.17, 15) is 8.78 Å². The number of halogens is 3. The molecule has 0 aliphatic rings. The zero-order valence-corrected chi connectivity index (χ0v) is 11.2. The Bertz CT molecular complexity index is 544. The van der Waals surface area contributed by atoms with Gasteiger partial charge in [-0.1, -0.05) is 0 Å². The standard InChI is InChI=1S/C11H8BrF2NOS/c1-16-4-6-5-17-11(15-6)7-2-3-8(13)10(14)9(7)12/h2-3,5H,4H2,1H3. The fourth-order valence-corrected chi connectivity index (χ4v) is 2.81. The fourth-order valence-electron chi connectivity index (χ4n) is 1.34. The van der Waals surface area contributed by atoms with Gasteiger partial charge in [0.05, 0.1) is 16.8 Å². The lowest BCUT2D eigenvalue weighted by molar-refractivity contribution is 0.182. The molecule has 0 unspecified atom stereocenters. The molecule has 0 radical (unpaired) electrons. The number of rotatable bonds is 3. The lowest BCUT2D eigenvalue weighted by Gasteiger charge is -2.02. The van der Waals surface area contributed by atoms with Gasteiger partial charge in [-0.2, -0.15) is 0 Å². The van der Waals surface area contributed by atoms with Gasteiger partial charge >= 0.3 is 0 Å². The third-order valence-electron chi connectivity index (χ3n) is 2.11. The van der Waals surface area contributed by atoms with Crippen molar-refractivity contribution in [1.29, 1.82) is 0 Å². The molecule has 0 fully saturated rings. The minimum atomic E-state index is -0.897. The molecular weight excluding hydrogens is 312 g/mol. The van der Waals surface area contributed by atoms with Crippen LogP contribution in [0.5, 0.6) is 0 Å². The summed E-state index contributed by atoms with van der Waals surface area (Å²) in [6, 6.07) is 2.59. The maximum Gasteiger partial charge on any atom is 0.173 e. The van der Waals surface area contributed by atoms with Crippen molar-refractivity contribution in [3.63, 3.8) is 0 Å². The summed E-state index contributed by atoms with van der Waals surface area (Å²) in [7, 11) is 1.58. The molecule has 0 N–H and O–H groups in total. The second-order valence-corrected chi connectivity index (χ2v) is 4.95. The summed E-state index contributed by atoms with van der Waals surface area (Å²) in [4.78, 5) is 4.28. The van der Waals surface area contributed by atoms with Crippen LogP contribution in [0.1, 0.15) is 5.69 Å². The van der Waals surface area contributed by atoms with Crippen LogP contribution in [0.3, 0.4) is 0 Å². The SMILES string of the molecule is COCc1csc(-c2ccc(F)c(F)c2Br)n1. The van der Waals surface area contributed by atoms with Crippen molar-refractivity contribution in [1.82, 2.24) is 4.98 Å². The molecule has 0 aliphatic carbocycles. The number of benzene rings is 1. The van der Waals surface area contributed by atoms with E-state index in [1.54, 1.807) is 7.11 Å². The fraction of sp³-hybridized carbons (Fsp3) is 0.182. The largest absolute Gasteiger partial charge is 0.378 e. The molecule has 2 rings (SSSR count). The van der Waals surface area contributed by atoms with Gasteiger partial charge in [-0.3, -0.25) is 0 Å². The van der Waals surface area contributed by atoms with Gasteiger partial charge in [0, 0.05) is 18.1 Å². The maximum absolute atomic E-state index is 13.4. The van der Waals surface area contributed by atoms with Crippen molar-refractivity contribution in [3.8, 4) is 10.6 Å². The van der Waals surface area contributed by atoms with Crippen molar-refractivity contribution in [2.24, 2.45) is 0 Å². The molecule has 1 aromatic carbocycles. The Morgan fingerprint density at radius 3 is 2.88 bits per heavy atom. The summed E-state index contributed by atoms with van der Waals surface area (Å²) >= 11 is 4.40. The van der Waals surface area contributed by atoms with E-state index in [0.717, 1.165) is 11.8 Å². The van der Waals surface area contributed by atoms with Crippen LogP contribution in [0.15, 0.2) is 22.0 Å². The molecule has 90 valence electrons. The quantitative estimate of drug-likeness (QED) is 0.798. The van der Waals surface area contributed by atoms with E-state index in [1.165, 1.54) is 17.4 Å². The molecule has 0 bridgehead atoms. The summed E-state index contributed by atoms with van der Waals surface area (Å²) in [5, 5.41) is 2.45. The van der Waals surface area contributed by atoms with Crippen molar-refractivity contribution < 1.29 is 13.5 Å². The molecule has 0 spiro atoms. The molecule has 0 amide bonds. The van der Waals surface area contributed by atoms with E-state index in [1.807, 2.05) is 5.38 Å². The van der Waals surface area contributed by atoms with Gasteiger partial charge in [-0.05, 0) is 28.1 Å². The highest BCUT2D eigenvalue weighted by Gasteiger charge is 2.14. The number of methoxy groups -OCH3 is 1. The van der Waals surface area contributed by atoms with Crippen LogP contribution < -0.4 is 0 Å². The minimum Gasteiger partial charge on any atom is -0.378 e. The van der Waals surface area contributed by atoms with E-state index in [4.69, 9.17) is 4.74 Å². The molecule has 1 aromatic heterocycles. The van der Waals surface area contributed by atoms with Gasteiger partial charge < -0.3 is 4.74 Å². The Morgan fingerprint density at radius 1 is 1.41 bits per heavy atom. The molecule has 2 aromatic rings. The van der Waals surface area contributed by atoms with Crippen LogP contribution >= 0.6 is 27.3 Å². The Morgan fingerprint density at radius 2 is 2.18 bits per heavy atom. The summed E-state index contributed by atoms with van der Waals surface area (Å²) in [6.07, 6.45) is 0. The normalized spacial score (nSPS) is 10.8. The van der Waals surface area contributed by atoms with Gasteiger partial charge in [-0.25, -0.2) is 13.8 Å². The molecule has 0 saturated carbocycles. The molecule has 0 aliphatic heterocycles. The highest BCUT2D eigenvalue weighted by molar-refractivity contribution is 9.10. The monoisotopic (exact) mass is 319 g/mol. The van der Waals surface area contributed by atoms with E-state index in [2.05, 4.69) is 20.9 Å². The van der Waals surface area contributed by atoms with Gasteiger partial charge in [0.2, 0.25) is 0 Å². The minimum absolute atomic E-state index is 0.0933. The van der Waals surface area contributed by atoms with Crippen molar-refractivity contribution >= 4 is 27.3 Å². The smallest absolute Gasteiger partial charge is 0.173 e. The third-order valence-corrected chi connectivity index (χ3v) is 3.81. The van der Waals surface area contributed by atoms with E-state index in [-0.39, 0.29) is 4.47 Å². The van der Waals surface area contributed by atoms with Crippen LogP contribution in [-0.4, -0.2) is 12.1 Å². The second-order valence-electron chi connectivity index (χ2n) is 3.30. The topological polar surface area (TPSA) is 22.1 Å². The highest BCUT2D eigenvalue weighted by atomic mass is 79.9. The summed E-state index contributed by atoms with van der Waals surface area (Å²) < 4.78 is 31.4. The predicted molar refractivity (Wildman–Crippen MR) is 65.9 cm³/mol. The zero-order valence-electron chi connectivity index (χ0n) is 8.84. The average Bonchev–Trinajstić information content (AvgIpc) is 2.75. The van der Waals surface area contributed by atoms with Crippen LogP contribution in [0.25, 0.3) is 10.6 Å². The van der Waals surface area contributed by atoms with Gasteiger partial charge in [0.15, 0.2) is 11.6 Å². The van der Waals surface area contributed by atoms with Gasteiger partial charge in [-0.15, -0.1) is 11.3 Å². The van der Waals surface area contributed by atoms with E-state index in [0.29, 0.717) is 17.2 Å². The molecule has 1 heterocycles. The predicted octanol–water partition coefficient (Wildman–Crippen LogP) is 4.00. The van der Waals surface area contributed by atoms with Crippen LogP contribution in [-0.2, 0) is 11.3 Å². The number of thiazole rings is 1. The highest BCUT2D eigenvalue weighted by Crippen LogP contribution is 2.33. The second kappa shape index (κ2) is 5.20. The Labute approximate surface area is 109 Å². The lowest BCUT2D eigenvalue weighted by Crippen LogP contribution is -1.90. The van der Waals surface area contributed by atoms with Gasteiger partial charge in [0.1, 0.15) is 5.01 Å². The zero-order chi connectivity index (χ0) is 12.4. The summed E-state index contributed by atoms with van der Waals surface area (Å²) in [5.41, 5.74) is 1.31. The van der Waals surface area contributed by atoms with Crippen LogP contribution in [0.2, 0.25) is 0 Å². The Hall–Kier alpha value is -0.850. The van der Waals surface area contributed by atoms with E-state index < -0.39 is 11.6 Å². The van der Waals surface area contributed by atoms with Crippen molar-refractivity contribution in [3.05, 3.63) is 39.3 Å². The maximum atomic E-state index is 13.4. The van der Waals surface area contributed by atoms with Crippen LogP contribution in [0, 0.1) is 11.6 Å². The molecular formula is C11H8BrF2NOS. The first kappa shape index (κ1) is 12.6. The Balaban J connectivity index is 2.42. The number of hydrogen-bond donors (Lipinski definition) is 0. The van der Waals surface area contributed by atoms with Crippen molar-refractivity contribution in [2.45, 2.75) is 6.61 Å². The number of hydrogen-bond acceptors (Lipinski definition) is 3. The molecule has 2 nitrogen and oxygen atoms in total. The molecule has 0 atom stereocenters. The van der Waals surface area contributed by atoms with Crippen molar-refractivity contribution in [2.75, 3.05) is 7.11 Å². The summed E-state index contributed by atoms with van der Waals surface area (Å²) in [5.74, 6) is -1.78. The lowest BCUT2D eigenvalue weighted by atomic mass is 10.2. The molecule has 6 heteroatoms. The first-order chi connectivity index (χ1) is 8.13. The van der Waals surface area contributed by atoms with Crippen LogP contribution in [0.4, 0.5) is 8.78 Å². The first-order valence-electron chi connectivity index (χ1n) is 4.70. The number of ether oxygens (including phenoxy) is 1. The average molecular weight is 320 g/mol. The number of nitrogens with zero attached hydrogens (tertiary/aromatic N) is 1. The molecule has 0 saturated heterocycles.